The van der Waals surface area contributed by atoms with E-state index in [2.05, 4.69) is 43.1 Å². The normalized spacial score (nSPS) is 16.4. The van der Waals surface area contributed by atoms with Gasteiger partial charge in [-0.3, -0.25) is 9.69 Å². The Hall–Kier alpha value is -0.650. The highest BCUT2D eigenvalue weighted by molar-refractivity contribution is 5.78. The fraction of sp³-hybridized carbons (Fsp3) is 0.933. The molecule has 0 aliphatic heterocycles. The summed E-state index contributed by atoms with van der Waals surface area (Å²) in [7, 11) is 5.90. The molecule has 0 rings (SSSR count). The van der Waals surface area contributed by atoms with Gasteiger partial charge < -0.3 is 15.3 Å². The molecule has 0 bridgehead atoms. The van der Waals surface area contributed by atoms with Crippen LogP contribution < -0.4 is 5.32 Å². The number of nitrogens with zero attached hydrogens (tertiary/aromatic N) is 2. The van der Waals surface area contributed by atoms with Crippen LogP contribution in [0, 0.1) is 0 Å². The first-order chi connectivity index (χ1) is 9.26. The summed E-state index contributed by atoms with van der Waals surface area (Å²) >= 11 is 0. The molecular formula is C15H33N3O2. The second-order valence-corrected chi connectivity index (χ2v) is 6.08. The number of nitrogens with one attached hydrogen (secondary N) is 1. The molecule has 2 atom stereocenters. The summed E-state index contributed by atoms with van der Waals surface area (Å²) in [5.74, 6) is -0.770. The van der Waals surface area contributed by atoms with Crippen molar-refractivity contribution in [1.82, 2.24) is 15.1 Å². The van der Waals surface area contributed by atoms with Crippen LogP contribution in [0.4, 0.5) is 0 Å². The summed E-state index contributed by atoms with van der Waals surface area (Å²) in [6, 6.07) is 0.533. The summed E-state index contributed by atoms with van der Waals surface area (Å²) in [5.41, 5.74) is -0.799. The van der Waals surface area contributed by atoms with Crippen LogP contribution in [0.25, 0.3) is 0 Å². The van der Waals surface area contributed by atoms with Crippen LogP contribution in [0.2, 0.25) is 0 Å². The Morgan fingerprint density at radius 3 is 2.35 bits per heavy atom. The summed E-state index contributed by atoms with van der Waals surface area (Å²) in [4.78, 5) is 15.8. The van der Waals surface area contributed by atoms with Gasteiger partial charge in [0.25, 0.3) is 0 Å². The molecule has 5 nitrogen and oxygen atoms in total. The van der Waals surface area contributed by atoms with Crippen LogP contribution >= 0.6 is 0 Å². The molecule has 0 aliphatic rings. The topological polar surface area (TPSA) is 55.8 Å². The molecule has 0 saturated carbocycles. The number of carboxylic acids is 1. The zero-order valence-electron chi connectivity index (χ0n) is 14.1. The van der Waals surface area contributed by atoms with Crippen LogP contribution in [-0.2, 0) is 4.79 Å². The van der Waals surface area contributed by atoms with Gasteiger partial charge in [-0.25, -0.2) is 0 Å². The monoisotopic (exact) mass is 287 g/mol. The lowest BCUT2D eigenvalue weighted by molar-refractivity contribution is -0.144. The molecule has 0 radical (unpaired) electrons. The Morgan fingerprint density at radius 1 is 1.35 bits per heavy atom. The Bertz CT molecular complexity index is 284. The first-order valence-corrected chi connectivity index (χ1v) is 7.58. The standard InChI is InChI=1S/C15H33N3O2/c1-7-18(13(2)12-17(5)6)11-9-8-10-15(3,16-4)14(19)20/h13,16H,7-12H2,1-6H3,(H,19,20). The number of unbranched alkanes of at least 4 members (excludes halogenated alkanes) is 1. The molecule has 0 aliphatic carbocycles. The lowest BCUT2D eigenvalue weighted by Crippen LogP contribution is -2.47. The van der Waals surface area contributed by atoms with Crippen molar-refractivity contribution < 1.29 is 9.90 Å². The van der Waals surface area contributed by atoms with Gasteiger partial charge in [-0.15, -0.1) is 0 Å². The average molecular weight is 287 g/mol. The fourth-order valence-electron chi connectivity index (χ4n) is 2.47. The highest BCUT2D eigenvalue weighted by atomic mass is 16.4. The first-order valence-electron chi connectivity index (χ1n) is 7.58. The van der Waals surface area contributed by atoms with Gasteiger partial charge in [-0.2, -0.15) is 0 Å². The highest BCUT2D eigenvalue weighted by Gasteiger charge is 2.30. The van der Waals surface area contributed by atoms with Gasteiger partial charge in [0.05, 0.1) is 0 Å². The van der Waals surface area contributed by atoms with Crippen molar-refractivity contribution in [1.29, 1.82) is 0 Å². The number of rotatable bonds is 11. The maximum atomic E-state index is 11.2. The minimum atomic E-state index is -0.799. The number of likely N-dealkylation sites (N-methyl/N-ethyl adjacent to an activating group) is 3. The zero-order chi connectivity index (χ0) is 15.8. The third-order valence-electron chi connectivity index (χ3n) is 4.05. The van der Waals surface area contributed by atoms with Crippen molar-refractivity contribution in [2.45, 2.75) is 51.6 Å². The predicted octanol–water partition coefficient (Wildman–Crippen LogP) is 1.49. The van der Waals surface area contributed by atoms with E-state index in [-0.39, 0.29) is 0 Å². The van der Waals surface area contributed by atoms with E-state index in [1.807, 2.05) is 0 Å². The first kappa shape index (κ1) is 19.4. The van der Waals surface area contributed by atoms with E-state index in [0.717, 1.165) is 32.5 Å². The highest BCUT2D eigenvalue weighted by Crippen LogP contribution is 2.14. The van der Waals surface area contributed by atoms with Crippen LogP contribution in [0.3, 0.4) is 0 Å². The second kappa shape index (κ2) is 9.32. The Labute approximate surface area is 124 Å². The van der Waals surface area contributed by atoms with Crippen LogP contribution in [0.5, 0.6) is 0 Å². The van der Waals surface area contributed by atoms with Crippen molar-refractivity contribution >= 4 is 5.97 Å². The molecule has 0 aromatic heterocycles. The third-order valence-corrected chi connectivity index (χ3v) is 4.05. The minimum absolute atomic E-state index is 0.533. The van der Waals surface area contributed by atoms with E-state index < -0.39 is 11.5 Å². The molecule has 0 spiro atoms. The SMILES string of the molecule is CCN(CCCCC(C)(NC)C(=O)O)C(C)CN(C)C. The molecule has 0 saturated heterocycles. The van der Waals surface area contributed by atoms with E-state index in [1.54, 1.807) is 14.0 Å². The number of carbonyl (C=O) groups is 1. The predicted molar refractivity (Wildman–Crippen MR) is 84.2 cm³/mol. The molecule has 2 unspecified atom stereocenters. The Kier molecular flexibility index (Phi) is 9.01. The van der Waals surface area contributed by atoms with Crippen molar-refractivity contribution in [3.8, 4) is 0 Å². The number of hydrogen-bond acceptors (Lipinski definition) is 4. The lowest BCUT2D eigenvalue weighted by atomic mass is 9.95. The molecule has 0 aromatic rings. The molecular weight excluding hydrogens is 254 g/mol. The van der Waals surface area contributed by atoms with E-state index in [9.17, 15) is 9.90 Å². The van der Waals surface area contributed by atoms with Crippen molar-refractivity contribution in [3.63, 3.8) is 0 Å². The minimum Gasteiger partial charge on any atom is -0.480 e. The Balaban J connectivity index is 4.11. The van der Waals surface area contributed by atoms with Gasteiger partial charge >= 0.3 is 5.97 Å². The Morgan fingerprint density at radius 2 is 1.95 bits per heavy atom. The summed E-state index contributed by atoms with van der Waals surface area (Å²) < 4.78 is 0. The van der Waals surface area contributed by atoms with Crippen LogP contribution in [0.15, 0.2) is 0 Å². The maximum Gasteiger partial charge on any atom is 0.323 e. The van der Waals surface area contributed by atoms with E-state index in [1.165, 1.54) is 0 Å². The van der Waals surface area contributed by atoms with Crippen molar-refractivity contribution in [2.24, 2.45) is 0 Å². The van der Waals surface area contributed by atoms with Crippen LogP contribution in [-0.4, -0.2) is 73.2 Å². The van der Waals surface area contributed by atoms with Crippen molar-refractivity contribution in [3.05, 3.63) is 0 Å². The average Bonchev–Trinajstić information content (AvgIpc) is 2.37. The van der Waals surface area contributed by atoms with Gasteiger partial charge in [0.1, 0.15) is 5.54 Å². The quantitative estimate of drug-likeness (QED) is 0.564. The summed E-state index contributed by atoms with van der Waals surface area (Å²) in [6.07, 6.45) is 2.63. The second-order valence-electron chi connectivity index (χ2n) is 6.08. The molecule has 0 amide bonds. The number of aliphatic carboxylic acids is 1. The molecule has 0 fully saturated rings. The maximum absolute atomic E-state index is 11.2. The lowest BCUT2D eigenvalue weighted by Gasteiger charge is -2.30. The van der Waals surface area contributed by atoms with Gasteiger partial charge in [0.15, 0.2) is 0 Å². The molecule has 20 heavy (non-hydrogen) atoms. The van der Waals surface area contributed by atoms with Gasteiger partial charge in [-0.05, 0) is 67.3 Å². The fourth-order valence-corrected chi connectivity index (χ4v) is 2.47. The third kappa shape index (κ3) is 6.68. The molecule has 5 heteroatoms. The smallest absolute Gasteiger partial charge is 0.323 e. The van der Waals surface area contributed by atoms with E-state index in [0.29, 0.717) is 12.5 Å². The van der Waals surface area contributed by atoms with E-state index in [4.69, 9.17) is 0 Å². The molecule has 2 N–H and O–H groups in total. The number of carboxylic acid groups (broad SMARTS) is 1. The summed E-state index contributed by atoms with van der Waals surface area (Å²) in [6.45, 7) is 9.31. The van der Waals surface area contributed by atoms with Gasteiger partial charge in [-0.1, -0.05) is 6.92 Å². The summed E-state index contributed by atoms with van der Waals surface area (Å²) in [5, 5.41) is 12.1. The van der Waals surface area contributed by atoms with Gasteiger partial charge in [0.2, 0.25) is 0 Å². The molecule has 0 heterocycles. The zero-order valence-corrected chi connectivity index (χ0v) is 14.1. The number of hydrogen-bond donors (Lipinski definition) is 2. The molecule has 0 aromatic carbocycles. The van der Waals surface area contributed by atoms with Crippen molar-refractivity contribution in [2.75, 3.05) is 40.8 Å². The molecule has 120 valence electrons. The van der Waals surface area contributed by atoms with E-state index >= 15 is 0 Å². The van der Waals surface area contributed by atoms with Gasteiger partial charge in [0, 0.05) is 12.6 Å². The largest absolute Gasteiger partial charge is 0.480 e. The van der Waals surface area contributed by atoms with Crippen LogP contribution in [0.1, 0.15) is 40.0 Å².